The zero-order valence-electron chi connectivity index (χ0n) is 12.1. The summed E-state index contributed by atoms with van der Waals surface area (Å²) in [6.07, 6.45) is 0.923. The van der Waals surface area contributed by atoms with E-state index in [9.17, 15) is 15.4 Å². The third kappa shape index (κ3) is 1.82. The van der Waals surface area contributed by atoms with E-state index in [1.165, 1.54) is 5.06 Å². The van der Waals surface area contributed by atoms with Crippen molar-refractivity contribution in [2.75, 3.05) is 0 Å². The highest BCUT2D eigenvalue weighted by Gasteiger charge is 2.61. The van der Waals surface area contributed by atoms with Crippen LogP contribution in [-0.2, 0) is 0 Å². The number of rotatable bonds is 0. The monoisotopic (exact) mass is 257 g/mol. The molecule has 3 atom stereocenters. The zero-order chi connectivity index (χ0) is 13.9. The van der Waals surface area contributed by atoms with Crippen LogP contribution in [0.3, 0.4) is 0 Å². The van der Waals surface area contributed by atoms with Crippen molar-refractivity contribution in [3.05, 3.63) is 0 Å². The Kier molecular flexibility index (Phi) is 3.10. The van der Waals surface area contributed by atoms with Gasteiger partial charge in [-0.05, 0) is 52.9 Å². The SMILES string of the molecule is CC1CC(O)C2(CC(C)(C)N(O)C(C)(C)C2)C1O. The van der Waals surface area contributed by atoms with E-state index >= 15 is 0 Å². The van der Waals surface area contributed by atoms with Crippen LogP contribution in [-0.4, -0.2) is 43.8 Å². The molecule has 1 heterocycles. The molecule has 1 spiro atoms. The van der Waals surface area contributed by atoms with Crippen LogP contribution in [0.15, 0.2) is 0 Å². The van der Waals surface area contributed by atoms with Crippen LogP contribution in [0.2, 0.25) is 0 Å². The molecule has 0 radical (unpaired) electrons. The van der Waals surface area contributed by atoms with E-state index in [-0.39, 0.29) is 5.92 Å². The van der Waals surface area contributed by atoms with Gasteiger partial charge in [-0.15, -0.1) is 0 Å². The Hall–Kier alpha value is -0.160. The highest BCUT2D eigenvalue weighted by molar-refractivity contribution is 5.12. The Bertz CT molecular complexity index is 322. The molecule has 2 rings (SSSR count). The van der Waals surface area contributed by atoms with Crippen LogP contribution in [0.5, 0.6) is 0 Å². The molecule has 0 bridgehead atoms. The van der Waals surface area contributed by atoms with Crippen molar-refractivity contribution >= 4 is 0 Å². The fourth-order valence-corrected chi connectivity index (χ4v) is 4.57. The average Bonchev–Trinajstić information content (AvgIpc) is 2.39. The van der Waals surface area contributed by atoms with Gasteiger partial charge in [-0.3, -0.25) is 0 Å². The Labute approximate surface area is 110 Å². The van der Waals surface area contributed by atoms with Crippen molar-refractivity contribution in [3.8, 4) is 0 Å². The van der Waals surface area contributed by atoms with Crippen molar-refractivity contribution in [3.63, 3.8) is 0 Å². The molecule has 18 heavy (non-hydrogen) atoms. The Morgan fingerprint density at radius 2 is 1.44 bits per heavy atom. The maximum atomic E-state index is 10.5. The lowest BCUT2D eigenvalue weighted by atomic mass is 9.62. The van der Waals surface area contributed by atoms with E-state index < -0.39 is 28.7 Å². The molecule has 3 N–H and O–H groups in total. The molecule has 1 saturated carbocycles. The van der Waals surface area contributed by atoms with Gasteiger partial charge in [0.15, 0.2) is 0 Å². The number of piperidine rings is 1. The second-order valence-electron chi connectivity index (χ2n) is 7.70. The van der Waals surface area contributed by atoms with E-state index in [1.54, 1.807) is 0 Å². The first kappa shape index (κ1) is 14.3. The minimum atomic E-state index is -0.486. The van der Waals surface area contributed by atoms with Gasteiger partial charge in [0.25, 0.3) is 0 Å². The summed E-state index contributed by atoms with van der Waals surface area (Å²) in [6, 6.07) is 0. The maximum absolute atomic E-state index is 10.5. The fourth-order valence-electron chi connectivity index (χ4n) is 4.57. The van der Waals surface area contributed by atoms with Gasteiger partial charge < -0.3 is 15.4 Å². The quantitative estimate of drug-likeness (QED) is 0.619. The van der Waals surface area contributed by atoms with Crippen LogP contribution in [0.4, 0.5) is 0 Å². The third-order valence-electron chi connectivity index (χ3n) is 5.06. The first-order chi connectivity index (χ1) is 8.03. The molecule has 0 aromatic rings. The van der Waals surface area contributed by atoms with Gasteiger partial charge >= 0.3 is 0 Å². The van der Waals surface area contributed by atoms with Gasteiger partial charge in [0, 0.05) is 16.5 Å². The average molecular weight is 257 g/mol. The number of hydrogen-bond donors (Lipinski definition) is 3. The van der Waals surface area contributed by atoms with E-state index in [0.29, 0.717) is 19.3 Å². The summed E-state index contributed by atoms with van der Waals surface area (Å²) >= 11 is 0. The maximum Gasteiger partial charge on any atom is 0.0649 e. The lowest BCUT2D eigenvalue weighted by Crippen LogP contribution is -2.65. The molecular weight excluding hydrogens is 230 g/mol. The first-order valence-corrected chi connectivity index (χ1v) is 6.88. The molecule has 2 aliphatic rings. The van der Waals surface area contributed by atoms with Crippen LogP contribution in [0, 0.1) is 11.3 Å². The van der Waals surface area contributed by atoms with E-state index in [0.717, 1.165) is 0 Å². The molecule has 1 aliphatic carbocycles. The second-order valence-corrected chi connectivity index (χ2v) is 7.70. The lowest BCUT2D eigenvalue weighted by molar-refractivity contribution is -0.280. The van der Waals surface area contributed by atoms with E-state index in [4.69, 9.17) is 0 Å². The number of nitrogens with zero attached hydrogens (tertiary/aromatic N) is 1. The van der Waals surface area contributed by atoms with Gasteiger partial charge in [-0.25, -0.2) is 0 Å². The summed E-state index contributed by atoms with van der Waals surface area (Å²) in [4.78, 5) is 0. The van der Waals surface area contributed by atoms with Crippen molar-refractivity contribution in [2.45, 2.75) is 77.2 Å². The largest absolute Gasteiger partial charge is 0.392 e. The molecular formula is C14H27NO3. The molecule has 0 aromatic heterocycles. The highest BCUT2D eigenvalue weighted by atomic mass is 16.5. The Morgan fingerprint density at radius 3 is 1.78 bits per heavy atom. The third-order valence-corrected chi connectivity index (χ3v) is 5.06. The van der Waals surface area contributed by atoms with Gasteiger partial charge in [0.2, 0.25) is 0 Å². The minimum absolute atomic E-state index is 0.122. The van der Waals surface area contributed by atoms with Crippen LogP contribution < -0.4 is 0 Å². The Balaban J connectivity index is 2.41. The van der Waals surface area contributed by atoms with E-state index in [1.807, 2.05) is 34.6 Å². The van der Waals surface area contributed by atoms with Crippen molar-refractivity contribution in [1.29, 1.82) is 0 Å². The summed E-state index contributed by atoms with van der Waals surface area (Å²) < 4.78 is 0. The molecule has 3 unspecified atom stereocenters. The number of hydroxylamine groups is 2. The van der Waals surface area contributed by atoms with Crippen LogP contribution >= 0.6 is 0 Å². The normalized spacial score (nSPS) is 42.3. The number of hydrogen-bond acceptors (Lipinski definition) is 4. The van der Waals surface area contributed by atoms with Crippen molar-refractivity contribution in [1.82, 2.24) is 5.06 Å². The minimum Gasteiger partial charge on any atom is -0.392 e. The standard InChI is InChI=1S/C14H27NO3/c1-9-6-10(16)14(11(9)17)7-12(2,3)15(18)13(4,5)8-14/h9-11,16-18H,6-8H2,1-5H3. The lowest BCUT2D eigenvalue weighted by Gasteiger charge is -2.57. The zero-order valence-corrected chi connectivity index (χ0v) is 12.1. The first-order valence-electron chi connectivity index (χ1n) is 6.88. The summed E-state index contributed by atoms with van der Waals surface area (Å²) in [5, 5.41) is 32.7. The van der Waals surface area contributed by atoms with Crippen LogP contribution in [0.1, 0.15) is 53.9 Å². The van der Waals surface area contributed by atoms with Gasteiger partial charge in [-0.2, -0.15) is 5.06 Å². The fraction of sp³-hybridized carbons (Fsp3) is 1.00. The molecule has 1 aliphatic heterocycles. The molecule has 2 fully saturated rings. The number of aliphatic hydroxyl groups is 2. The van der Waals surface area contributed by atoms with E-state index in [2.05, 4.69) is 0 Å². The van der Waals surface area contributed by atoms with Gasteiger partial charge in [-0.1, -0.05) is 6.92 Å². The highest BCUT2D eigenvalue weighted by Crippen LogP contribution is 2.56. The number of aliphatic hydroxyl groups excluding tert-OH is 2. The summed E-state index contributed by atoms with van der Waals surface area (Å²) in [5.41, 5.74) is -1.35. The predicted octanol–water partition coefficient (Wildman–Crippen LogP) is 1.78. The second kappa shape index (κ2) is 3.92. The predicted molar refractivity (Wildman–Crippen MR) is 69.2 cm³/mol. The van der Waals surface area contributed by atoms with Gasteiger partial charge in [0.05, 0.1) is 12.2 Å². The summed E-state index contributed by atoms with van der Waals surface area (Å²) in [5.74, 6) is 0.122. The van der Waals surface area contributed by atoms with Crippen molar-refractivity contribution < 1.29 is 15.4 Å². The molecule has 1 saturated heterocycles. The van der Waals surface area contributed by atoms with Crippen LogP contribution in [0.25, 0.3) is 0 Å². The molecule has 0 amide bonds. The molecule has 4 heteroatoms. The van der Waals surface area contributed by atoms with Crippen molar-refractivity contribution in [2.24, 2.45) is 11.3 Å². The Morgan fingerprint density at radius 1 is 1.00 bits per heavy atom. The molecule has 0 aromatic carbocycles. The topological polar surface area (TPSA) is 63.9 Å². The molecule has 106 valence electrons. The molecule has 4 nitrogen and oxygen atoms in total. The summed E-state index contributed by atoms with van der Waals surface area (Å²) in [6.45, 7) is 9.88. The summed E-state index contributed by atoms with van der Waals surface area (Å²) in [7, 11) is 0. The smallest absolute Gasteiger partial charge is 0.0649 e. The van der Waals surface area contributed by atoms with Gasteiger partial charge in [0.1, 0.15) is 0 Å².